The highest BCUT2D eigenvalue weighted by molar-refractivity contribution is 6.06. The Hall–Kier alpha value is -4.66. The number of carbonyl (C=O) groups is 2. The summed E-state index contributed by atoms with van der Waals surface area (Å²) in [5.41, 5.74) is 3.48. The van der Waals surface area contributed by atoms with Crippen LogP contribution in [0.4, 0.5) is 11.6 Å². The Morgan fingerprint density at radius 2 is 1.49 bits per heavy atom. The van der Waals surface area contributed by atoms with Gasteiger partial charge < -0.3 is 25.4 Å². The number of anilines is 2. The zero-order valence-electron chi connectivity index (χ0n) is 19.8. The van der Waals surface area contributed by atoms with Crippen molar-refractivity contribution < 1.29 is 19.1 Å². The van der Waals surface area contributed by atoms with Crippen molar-refractivity contribution in [2.45, 2.75) is 0 Å². The number of rotatable bonds is 7. The smallest absolute Gasteiger partial charge is 0.255 e. The van der Waals surface area contributed by atoms with Gasteiger partial charge in [-0.2, -0.15) is 0 Å². The molecule has 0 fully saturated rings. The van der Waals surface area contributed by atoms with Gasteiger partial charge in [0.25, 0.3) is 11.8 Å². The lowest BCUT2D eigenvalue weighted by Crippen LogP contribution is -2.19. The van der Waals surface area contributed by atoms with Gasteiger partial charge in [0.05, 0.1) is 25.4 Å². The van der Waals surface area contributed by atoms with E-state index >= 15 is 0 Å². The van der Waals surface area contributed by atoms with Crippen LogP contribution in [-0.2, 0) is 0 Å². The number of methoxy groups -OCH3 is 2. The minimum Gasteiger partial charge on any atom is -0.493 e. The van der Waals surface area contributed by atoms with E-state index in [2.05, 4.69) is 25.9 Å². The molecule has 0 radical (unpaired) electrons. The van der Waals surface area contributed by atoms with Crippen LogP contribution < -0.4 is 25.4 Å². The van der Waals surface area contributed by atoms with Crippen molar-refractivity contribution in [3.05, 3.63) is 71.8 Å². The number of ether oxygens (including phenoxy) is 2. The van der Waals surface area contributed by atoms with Crippen molar-refractivity contribution in [3.63, 3.8) is 0 Å². The van der Waals surface area contributed by atoms with Gasteiger partial charge in [-0.15, -0.1) is 0 Å². The third-order valence-electron chi connectivity index (χ3n) is 5.43. The first kappa shape index (κ1) is 23.5. The van der Waals surface area contributed by atoms with E-state index in [1.165, 1.54) is 0 Å². The minimum atomic E-state index is -0.331. The van der Waals surface area contributed by atoms with Gasteiger partial charge >= 0.3 is 0 Å². The summed E-state index contributed by atoms with van der Waals surface area (Å²) < 4.78 is 10.9. The molecule has 35 heavy (non-hydrogen) atoms. The number of nitrogens with zero attached hydrogens (tertiary/aromatic N) is 2. The molecule has 0 saturated heterocycles. The first-order valence-electron chi connectivity index (χ1n) is 10.8. The molecule has 9 nitrogen and oxygen atoms in total. The highest BCUT2D eigenvalue weighted by atomic mass is 16.5. The highest BCUT2D eigenvalue weighted by Gasteiger charge is 2.16. The fourth-order valence-electron chi connectivity index (χ4n) is 3.68. The first-order valence-corrected chi connectivity index (χ1v) is 10.8. The summed E-state index contributed by atoms with van der Waals surface area (Å²) in [5, 5.41) is 9.21. The molecule has 0 spiro atoms. The Morgan fingerprint density at radius 3 is 2.17 bits per heavy atom. The van der Waals surface area contributed by atoms with Crippen LogP contribution in [0.25, 0.3) is 22.2 Å². The van der Waals surface area contributed by atoms with Gasteiger partial charge in [-0.05, 0) is 36.4 Å². The minimum absolute atomic E-state index is 0.260. The summed E-state index contributed by atoms with van der Waals surface area (Å²) in [5.74, 6) is 0.974. The molecule has 178 valence electrons. The molecule has 0 atom stereocenters. The normalized spacial score (nSPS) is 10.5. The van der Waals surface area contributed by atoms with E-state index in [1.807, 2.05) is 24.3 Å². The average molecular weight is 472 g/mol. The molecule has 1 aromatic heterocycles. The molecular weight excluding hydrogens is 446 g/mol. The van der Waals surface area contributed by atoms with E-state index < -0.39 is 0 Å². The van der Waals surface area contributed by atoms with Gasteiger partial charge in [0.2, 0.25) is 5.95 Å². The van der Waals surface area contributed by atoms with Crippen LogP contribution in [-0.4, -0.2) is 50.1 Å². The largest absolute Gasteiger partial charge is 0.493 e. The molecule has 4 rings (SSSR count). The third-order valence-corrected chi connectivity index (χ3v) is 5.43. The molecular formula is C26H25N5O4. The standard InChI is InChI=1S/C26H25N5O4/c1-27-24(32)16-8-5-9-17(11-16)25(33)29-18-10-6-7-15(12-18)23-19-13-21(34-3)22(35-4)14-20(19)30-26(28-2)31-23/h5-14H,1-4H3,(H,27,32)(H,29,33)(H,28,30,31). The topological polar surface area (TPSA) is 114 Å². The quantitative estimate of drug-likeness (QED) is 0.374. The van der Waals surface area contributed by atoms with Crippen molar-refractivity contribution in [2.75, 3.05) is 38.9 Å². The zero-order valence-corrected chi connectivity index (χ0v) is 19.8. The van der Waals surface area contributed by atoms with E-state index in [9.17, 15) is 9.59 Å². The Labute approximate surface area is 202 Å². The second-order valence-corrected chi connectivity index (χ2v) is 7.57. The van der Waals surface area contributed by atoms with Gasteiger partial charge in [-0.1, -0.05) is 18.2 Å². The predicted molar refractivity (Wildman–Crippen MR) is 135 cm³/mol. The average Bonchev–Trinajstić information content (AvgIpc) is 2.91. The second kappa shape index (κ2) is 10.1. The molecule has 0 unspecified atom stereocenters. The maximum atomic E-state index is 12.9. The van der Waals surface area contributed by atoms with Gasteiger partial charge in [0, 0.05) is 47.9 Å². The number of fused-ring (bicyclic) bond motifs is 1. The number of benzene rings is 3. The number of amides is 2. The lowest BCUT2D eigenvalue weighted by Gasteiger charge is -2.13. The van der Waals surface area contributed by atoms with Crippen LogP contribution in [0.2, 0.25) is 0 Å². The Balaban J connectivity index is 1.73. The monoisotopic (exact) mass is 471 g/mol. The number of nitrogens with one attached hydrogen (secondary N) is 3. The van der Waals surface area contributed by atoms with Gasteiger partial charge in [-0.25, -0.2) is 9.97 Å². The summed E-state index contributed by atoms with van der Waals surface area (Å²) in [6.45, 7) is 0. The van der Waals surface area contributed by atoms with Crippen molar-refractivity contribution in [1.82, 2.24) is 15.3 Å². The molecule has 0 aliphatic rings. The maximum Gasteiger partial charge on any atom is 0.255 e. The third kappa shape index (κ3) is 4.84. The zero-order chi connectivity index (χ0) is 24.9. The summed E-state index contributed by atoms with van der Waals surface area (Å²) in [6.07, 6.45) is 0. The van der Waals surface area contributed by atoms with Crippen molar-refractivity contribution in [2.24, 2.45) is 0 Å². The first-order chi connectivity index (χ1) is 17.0. The lowest BCUT2D eigenvalue weighted by molar-refractivity contribution is 0.0963. The van der Waals surface area contributed by atoms with E-state index in [-0.39, 0.29) is 11.8 Å². The molecule has 0 bridgehead atoms. The summed E-state index contributed by atoms with van der Waals surface area (Å²) in [6, 6.07) is 17.5. The van der Waals surface area contributed by atoms with Crippen LogP contribution in [0.1, 0.15) is 20.7 Å². The van der Waals surface area contributed by atoms with Crippen LogP contribution in [0.5, 0.6) is 11.5 Å². The highest BCUT2D eigenvalue weighted by Crippen LogP contribution is 2.36. The van der Waals surface area contributed by atoms with Crippen LogP contribution in [0, 0.1) is 0 Å². The predicted octanol–water partition coefficient (Wildman–Crippen LogP) is 3.97. The fourth-order valence-corrected chi connectivity index (χ4v) is 3.68. The van der Waals surface area contributed by atoms with Crippen molar-refractivity contribution >= 4 is 34.4 Å². The molecule has 1 heterocycles. The van der Waals surface area contributed by atoms with E-state index in [4.69, 9.17) is 9.47 Å². The van der Waals surface area contributed by atoms with E-state index in [0.29, 0.717) is 45.5 Å². The summed E-state index contributed by atoms with van der Waals surface area (Å²) in [4.78, 5) is 34.0. The summed E-state index contributed by atoms with van der Waals surface area (Å²) in [7, 11) is 6.43. The van der Waals surface area contributed by atoms with Gasteiger partial charge in [-0.3, -0.25) is 9.59 Å². The molecule has 0 aliphatic heterocycles. The van der Waals surface area contributed by atoms with Crippen LogP contribution >= 0.6 is 0 Å². The molecule has 3 N–H and O–H groups in total. The molecule has 0 aliphatic carbocycles. The maximum absolute atomic E-state index is 12.9. The second-order valence-electron chi connectivity index (χ2n) is 7.57. The summed E-state index contributed by atoms with van der Waals surface area (Å²) >= 11 is 0. The molecule has 4 aromatic rings. The van der Waals surface area contributed by atoms with Crippen LogP contribution in [0.15, 0.2) is 60.7 Å². The van der Waals surface area contributed by atoms with Crippen molar-refractivity contribution in [1.29, 1.82) is 0 Å². The van der Waals surface area contributed by atoms with Gasteiger partial charge in [0.1, 0.15) is 0 Å². The SMILES string of the molecule is CNC(=O)c1cccc(C(=O)Nc2cccc(-c3nc(NC)nc4cc(OC)c(OC)cc34)c2)c1. The Morgan fingerprint density at radius 1 is 0.800 bits per heavy atom. The molecule has 9 heteroatoms. The number of carbonyl (C=O) groups excluding carboxylic acids is 2. The van der Waals surface area contributed by atoms with E-state index in [0.717, 1.165) is 10.9 Å². The molecule has 3 aromatic carbocycles. The number of hydrogen-bond acceptors (Lipinski definition) is 7. The van der Waals surface area contributed by atoms with Crippen molar-refractivity contribution in [3.8, 4) is 22.8 Å². The Kier molecular flexibility index (Phi) is 6.77. The van der Waals surface area contributed by atoms with Crippen LogP contribution in [0.3, 0.4) is 0 Å². The number of aromatic nitrogens is 2. The molecule has 2 amide bonds. The van der Waals surface area contributed by atoms with E-state index in [1.54, 1.807) is 64.7 Å². The lowest BCUT2D eigenvalue weighted by atomic mass is 10.0. The Bertz CT molecular complexity index is 1420. The molecule has 0 saturated carbocycles. The fraction of sp³-hybridized carbons (Fsp3) is 0.154. The number of hydrogen-bond donors (Lipinski definition) is 3. The van der Waals surface area contributed by atoms with Gasteiger partial charge in [0.15, 0.2) is 11.5 Å².